The van der Waals surface area contributed by atoms with Gasteiger partial charge >= 0.3 is 0 Å². The van der Waals surface area contributed by atoms with Crippen molar-refractivity contribution in [3.8, 4) is 0 Å². The number of rotatable bonds is 2. The number of allylic oxidation sites excluding steroid dienone is 2. The lowest BCUT2D eigenvalue weighted by atomic mass is 10.2. The molecule has 0 atom stereocenters. The van der Waals surface area contributed by atoms with Gasteiger partial charge in [-0.05, 0) is 30.3 Å². The lowest BCUT2D eigenvalue weighted by Gasteiger charge is -2.20. The van der Waals surface area contributed by atoms with Crippen molar-refractivity contribution in [3.63, 3.8) is 0 Å². The molecule has 1 aliphatic rings. The van der Waals surface area contributed by atoms with Gasteiger partial charge in [0, 0.05) is 18.0 Å². The highest BCUT2D eigenvalue weighted by atomic mass is 19.1. The van der Waals surface area contributed by atoms with Crippen LogP contribution in [0.4, 0.5) is 10.1 Å². The quantitative estimate of drug-likeness (QED) is 0.567. The van der Waals surface area contributed by atoms with Crippen molar-refractivity contribution >= 4 is 5.69 Å². The molecule has 0 spiro atoms. The summed E-state index contributed by atoms with van der Waals surface area (Å²) >= 11 is 0. The number of anilines is 1. The van der Waals surface area contributed by atoms with Crippen LogP contribution in [0.3, 0.4) is 0 Å². The molecular weight excluding hydrogens is 211 g/mol. The van der Waals surface area contributed by atoms with Crippen LogP contribution in [-0.2, 0) is 0 Å². The zero-order valence-corrected chi connectivity index (χ0v) is 8.34. The molecule has 0 aromatic heterocycles. The summed E-state index contributed by atoms with van der Waals surface area (Å²) < 4.78 is 12.7. The fourth-order valence-corrected chi connectivity index (χ4v) is 1.47. The molecule has 0 unspecified atom stereocenters. The van der Waals surface area contributed by atoms with Gasteiger partial charge in [0.1, 0.15) is 12.4 Å². The zero-order valence-electron chi connectivity index (χ0n) is 8.34. The summed E-state index contributed by atoms with van der Waals surface area (Å²) in [6.07, 6.45) is 4.78. The first-order chi connectivity index (χ1) is 7.66. The first kappa shape index (κ1) is 10.4. The maximum atomic E-state index is 12.7. The third-order valence-electron chi connectivity index (χ3n) is 2.28. The van der Waals surface area contributed by atoms with Crippen LogP contribution in [0.2, 0.25) is 0 Å². The first-order valence-corrected chi connectivity index (χ1v) is 4.71. The van der Waals surface area contributed by atoms with E-state index >= 15 is 0 Å². The standard InChI is InChI=1S/C11H9FN2O2/c12-9-3-5-10(6-4-9)13-7-1-2-11(8-13)14(15)16/h1-7H,8H2. The van der Waals surface area contributed by atoms with E-state index in [4.69, 9.17) is 0 Å². The minimum absolute atomic E-state index is 0.117. The summed E-state index contributed by atoms with van der Waals surface area (Å²) in [5.74, 6) is -0.324. The summed E-state index contributed by atoms with van der Waals surface area (Å²) in [6, 6.07) is 5.83. The van der Waals surface area contributed by atoms with Crippen molar-refractivity contribution in [2.75, 3.05) is 11.4 Å². The van der Waals surface area contributed by atoms with Gasteiger partial charge in [-0.3, -0.25) is 10.1 Å². The number of halogens is 1. The fraction of sp³-hybridized carbons (Fsp3) is 0.0909. The molecule has 1 aromatic carbocycles. The van der Waals surface area contributed by atoms with Gasteiger partial charge in [0.15, 0.2) is 0 Å². The molecule has 82 valence electrons. The summed E-state index contributed by atoms with van der Waals surface area (Å²) in [5.41, 5.74) is 0.844. The van der Waals surface area contributed by atoms with Gasteiger partial charge in [0.25, 0.3) is 5.70 Å². The molecule has 4 nitrogen and oxygen atoms in total. The average Bonchev–Trinajstić information content (AvgIpc) is 2.30. The molecule has 0 aliphatic carbocycles. The molecule has 0 radical (unpaired) electrons. The monoisotopic (exact) mass is 220 g/mol. The van der Waals surface area contributed by atoms with Gasteiger partial charge < -0.3 is 4.90 Å². The smallest absolute Gasteiger partial charge is 0.265 e. The molecule has 1 aliphatic heterocycles. The highest BCUT2D eigenvalue weighted by Crippen LogP contribution is 2.19. The van der Waals surface area contributed by atoms with Gasteiger partial charge in [0.05, 0.1) is 4.92 Å². The Bertz CT molecular complexity index is 465. The molecule has 16 heavy (non-hydrogen) atoms. The minimum atomic E-state index is -0.417. The van der Waals surface area contributed by atoms with Crippen molar-refractivity contribution in [1.29, 1.82) is 0 Å². The molecule has 1 heterocycles. The van der Waals surface area contributed by atoms with E-state index in [0.717, 1.165) is 5.69 Å². The van der Waals surface area contributed by atoms with Crippen molar-refractivity contribution in [2.24, 2.45) is 0 Å². The second kappa shape index (κ2) is 4.14. The number of nitro groups is 1. The minimum Gasteiger partial charge on any atom is -0.337 e. The summed E-state index contributed by atoms with van der Waals surface area (Å²) in [4.78, 5) is 11.9. The first-order valence-electron chi connectivity index (χ1n) is 4.71. The summed E-state index contributed by atoms with van der Waals surface area (Å²) in [5, 5.41) is 10.6. The molecule has 0 fully saturated rings. The Morgan fingerprint density at radius 1 is 1.31 bits per heavy atom. The van der Waals surface area contributed by atoms with Gasteiger partial charge in [-0.1, -0.05) is 0 Å². The van der Waals surface area contributed by atoms with Crippen LogP contribution in [0.25, 0.3) is 0 Å². The fourth-order valence-electron chi connectivity index (χ4n) is 1.47. The van der Waals surface area contributed by atoms with E-state index in [0.29, 0.717) is 0 Å². The van der Waals surface area contributed by atoms with Gasteiger partial charge in [0.2, 0.25) is 0 Å². The predicted molar refractivity (Wildman–Crippen MR) is 58.0 cm³/mol. The van der Waals surface area contributed by atoms with E-state index in [9.17, 15) is 14.5 Å². The van der Waals surface area contributed by atoms with Crippen molar-refractivity contribution in [1.82, 2.24) is 0 Å². The molecule has 1 aromatic rings. The third-order valence-corrected chi connectivity index (χ3v) is 2.28. The van der Waals surface area contributed by atoms with E-state index in [2.05, 4.69) is 0 Å². The Morgan fingerprint density at radius 3 is 2.62 bits per heavy atom. The summed E-state index contributed by atoms with van der Waals surface area (Å²) in [6.45, 7) is 0.190. The van der Waals surface area contributed by atoms with Crippen molar-refractivity contribution in [2.45, 2.75) is 0 Å². The van der Waals surface area contributed by atoms with Crippen LogP contribution in [0.1, 0.15) is 0 Å². The largest absolute Gasteiger partial charge is 0.337 e. The Hall–Kier alpha value is -2.17. The maximum absolute atomic E-state index is 12.7. The van der Waals surface area contributed by atoms with Crippen LogP contribution < -0.4 is 4.90 Å². The lowest BCUT2D eigenvalue weighted by Crippen LogP contribution is -2.24. The van der Waals surface area contributed by atoms with E-state index in [-0.39, 0.29) is 18.1 Å². The molecule has 2 rings (SSSR count). The third kappa shape index (κ3) is 2.08. The van der Waals surface area contributed by atoms with E-state index in [1.54, 1.807) is 29.3 Å². The second-order valence-electron chi connectivity index (χ2n) is 3.36. The average molecular weight is 220 g/mol. The van der Waals surface area contributed by atoms with Gasteiger partial charge in [-0.25, -0.2) is 4.39 Å². The number of benzene rings is 1. The van der Waals surface area contributed by atoms with Crippen LogP contribution in [-0.4, -0.2) is 11.5 Å². The van der Waals surface area contributed by atoms with Crippen molar-refractivity contribution in [3.05, 3.63) is 64.2 Å². The maximum Gasteiger partial charge on any atom is 0.265 e. The van der Waals surface area contributed by atoms with Gasteiger partial charge in [-0.2, -0.15) is 0 Å². The van der Waals surface area contributed by atoms with Crippen molar-refractivity contribution < 1.29 is 9.31 Å². The van der Waals surface area contributed by atoms with Gasteiger partial charge in [-0.15, -0.1) is 0 Å². The Balaban J connectivity index is 2.19. The predicted octanol–water partition coefficient (Wildman–Crippen LogP) is 2.32. The highest BCUT2D eigenvalue weighted by Gasteiger charge is 2.17. The molecule has 0 saturated heterocycles. The normalized spacial score (nSPS) is 14.8. The molecule has 0 amide bonds. The Morgan fingerprint density at radius 2 is 2.00 bits per heavy atom. The molecule has 0 saturated carbocycles. The molecule has 0 N–H and O–H groups in total. The lowest BCUT2D eigenvalue weighted by molar-refractivity contribution is -0.425. The van der Waals surface area contributed by atoms with E-state index in [1.165, 1.54) is 18.2 Å². The van der Waals surface area contributed by atoms with Crippen LogP contribution in [0, 0.1) is 15.9 Å². The highest BCUT2D eigenvalue weighted by molar-refractivity contribution is 5.51. The molecule has 0 bridgehead atoms. The van der Waals surface area contributed by atoms with E-state index in [1.807, 2.05) is 0 Å². The Labute approximate surface area is 91.4 Å². The van der Waals surface area contributed by atoms with Crippen LogP contribution in [0.5, 0.6) is 0 Å². The second-order valence-corrected chi connectivity index (χ2v) is 3.36. The summed E-state index contributed by atoms with van der Waals surface area (Å²) in [7, 11) is 0. The zero-order chi connectivity index (χ0) is 11.5. The SMILES string of the molecule is O=[N+]([O-])C1=CC=CN(c2ccc(F)cc2)C1. The number of nitrogens with zero attached hydrogens (tertiary/aromatic N) is 2. The molecular formula is C11H9FN2O2. The topological polar surface area (TPSA) is 46.4 Å². The van der Waals surface area contributed by atoms with E-state index < -0.39 is 4.92 Å². The number of hydrogen-bond donors (Lipinski definition) is 0. The van der Waals surface area contributed by atoms with Crippen LogP contribution in [0.15, 0.2) is 48.3 Å². The molecule has 5 heteroatoms. The Kier molecular flexibility index (Phi) is 2.68. The van der Waals surface area contributed by atoms with Crippen LogP contribution >= 0.6 is 0 Å². The number of hydrogen-bond acceptors (Lipinski definition) is 3.